The molecule has 0 unspecified atom stereocenters. The first-order chi connectivity index (χ1) is 5.52. The Bertz CT molecular complexity index is 233. The summed E-state index contributed by atoms with van der Waals surface area (Å²) < 4.78 is 0. The van der Waals surface area contributed by atoms with E-state index in [1.807, 2.05) is 12.4 Å². The summed E-state index contributed by atoms with van der Waals surface area (Å²) in [4.78, 5) is 4.01. The molecule has 0 fully saturated rings. The minimum Gasteiger partial charge on any atom is -0.265 e. The van der Waals surface area contributed by atoms with Gasteiger partial charge in [-0.1, -0.05) is 27.7 Å². The summed E-state index contributed by atoms with van der Waals surface area (Å²) in [5, 5.41) is 0. The zero-order valence-corrected chi connectivity index (χ0v) is 8.33. The Kier molecular flexibility index (Phi) is 2.51. The van der Waals surface area contributed by atoms with E-state index in [1.54, 1.807) is 0 Å². The van der Waals surface area contributed by atoms with Gasteiger partial charge in [-0.05, 0) is 29.0 Å². The highest BCUT2D eigenvalue weighted by molar-refractivity contribution is 5.16. The molecule has 0 aliphatic heterocycles. The van der Waals surface area contributed by atoms with E-state index < -0.39 is 0 Å². The summed E-state index contributed by atoms with van der Waals surface area (Å²) in [7, 11) is 0. The third-order valence-electron chi connectivity index (χ3n) is 2.51. The van der Waals surface area contributed by atoms with Gasteiger partial charge < -0.3 is 0 Å². The summed E-state index contributed by atoms with van der Waals surface area (Å²) in [6.07, 6.45) is 3.72. The zero-order chi connectivity index (χ0) is 9.19. The Morgan fingerprint density at radius 2 is 1.67 bits per heavy atom. The molecule has 1 atom stereocenters. The van der Waals surface area contributed by atoms with Crippen molar-refractivity contribution < 1.29 is 0 Å². The Morgan fingerprint density at radius 1 is 1.17 bits per heavy atom. The number of pyridine rings is 1. The quantitative estimate of drug-likeness (QED) is 0.619. The molecule has 1 aromatic heterocycles. The van der Waals surface area contributed by atoms with Crippen molar-refractivity contribution in [2.75, 3.05) is 0 Å². The minimum absolute atomic E-state index is 0.335. The number of hydrogen-bond acceptors (Lipinski definition) is 1. The predicted molar refractivity (Wildman–Crippen MR) is 52.1 cm³/mol. The molecule has 1 heterocycles. The molecule has 0 aromatic carbocycles. The molecule has 0 N–H and O–H groups in total. The molecule has 0 radical (unpaired) electrons. The third kappa shape index (κ3) is 2.07. The van der Waals surface area contributed by atoms with E-state index in [9.17, 15) is 0 Å². The first kappa shape index (κ1) is 9.24. The van der Waals surface area contributed by atoms with Gasteiger partial charge >= 0.3 is 0 Å². The van der Waals surface area contributed by atoms with Gasteiger partial charge in [0.05, 0.1) is 0 Å². The highest BCUT2D eigenvalue weighted by Crippen LogP contribution is 2.33. The molecule has 1 aromatic rings. The van der Waals surface area contributed by atoms with Crippen molar-refractivity contribution in [3.63, 3.8) is 0 Å². The molecular formula is C11H17N. The molecule has 66 valence electrons. The molecule has 1 heteroatoms. The second kappa shape index (κ2) is 3.26. The van der Waals surface area contributed by atoms with Crippen LogP contribution in [0.4, 0.5) is 0 Å². The molecule has 12 heavy (non-hydrogen) atoms. The van der Waals surface area contributed by atoms with Crippen molar-refractivity contribution >= 4 is 0 Å². The SMILES string of the molecule is C[C@@H](c1ccncc1)C(C)(C)C. The van der Waals surface area contributed by atoms with Gasteiger partial charge in [-0.15, -0.1) is 0 Å². The molecule has 0 saturated carbocycles. The van der Waals surface area contributed by atoms with E-state index in [0.717, 1.165) is 0 Å². The van der Waals surface area contributed by atoms with Gasteiger partial charge in [-0.3, -0.25) is 4.98 Å². The fourth-order valence-corrected chi connectivity index (χ4v) is 1.15. The van der Waals surface area contributed by atoms with Gasteiger partial charge in [-0.25, -0.2) is 0 Å². The smallest absolute Gasteiger partial charge is 0.0270 e. The van der Waals surface area contributed by atoms with Gasteiger partial charge in [0, 0.05) is 12.4 Å². The first-order valence-electron chi connectivity index (χ1n) is 4.42. The molecule has 1 nitrogen and oxygen atoms in total. The summed E-state index contributed by atoms with van der Waals surface area (Å²) in [6.45, 7) is 9.05. The molecule has 0 aliphatic carbocycles. The third-order valence-corrected chi connectivity index (χ3v) is 2.51. The molecule has 0 aliphatic rings. The predicted octanol–water partition coefficient (Wildman–Crippen LogP) is 3.23. The van der Waals surface area contributed by atoms with E-state index in [-0.39, 0.29) is 0 Å². The van der Waals surface area contributed by atoms with Gasteiger partial charge in [0.2, 0.25) is 0 Å². The molecular weight excluding hydrogens is 146 g/mol. The average Bonchev–Trinajstić information content (AvgIpc) is 2.03. The largest absolute Gasteiger partial charge is 0.265 e. The number of hydrogen-bond donors (Lipinski definition) is 0. The standard InChI is InChI=1S/C11H17N/c1-9(11(2,3)4)10-5-7-12-8-6-10/h5-9H,1-4H3/t9-/m0/s1. The lowest BCUT2D eigenvalue weighted by atomic mass is 9.78. The van der Waals surface area contributed by atoms with Crippen molar-refractivity contribution in [2.24, 2.45) is 5.41 Å². The van der Waals surface area contributed by atoms with E-state index >= 15 is 0 Å². The van der Waals surface area contributed by atoms with Crippen LogP contribution in [-0.4, -0.2) is 4.98 Å². The lowest BCUT2D eigenvalue weighted by Gasteiger charge is -2.27. The fourth-order valence-electron chi connectivity index (χ4n) is 1.15. The second-order valence-corrected chi connectivity index (χ2v) is 4.37. The van der Waals surface area contributed by atoms with Crippen LogP contribution in [0.25, 0.3) is 0 Å². The van der Waals surface area contributed by atoms with Crippen molar-refractivity contribution in [1.82, 2.24) is 4.98 Å². The Labute approximate surface area is 74.8 Å². The van der Waals surface area contributed by atoms with Crippen LogP contribution in [0, 0.1) is 5.41 Å². The van der Waals surface area contributed by atoms with Crippen LogP contribution in [0.3, 0.4) is 0 Å². The van der Waals surface area contributed by atoms with E-state index in [0.29, 0.717) is 11.3 Å². The van der Waals surface area contributed by atoms with E-state index in [2.05, 4.69) is 44.8 Å². The van der Waals surface area contributed by atoms with Gasteiger partial charge in [0.15, 0.2) is 0 Å². The molecule has 0 saturated heterocycles. The maximum absolute atomic E-state index is 4.01. The number of rotatable bonds is 1. The van der Waals surface area contributed by atoms with E-state index in [1.165, 1.54) is 5.56 Å². The topological polar surface area (TPSA) is 12.9 Å². The number of nitrogens with zero attached hydrogens (tertiary/aromatic N) is 1. The lowest BCUT2D eigenvalue weighted by molar-refractivity contribution is 0.339. The van der Waals surface area contributed by atoms with Crippen LogP contribution in [0.5, 0.6) is 0 Å². The van der Waals surface area contributed by atoms with Crippen molar-refractivity contribution in [2.45, 2.75) is 33.6 Å². The Morgan fingerprint density at radius 3 is 2.08 bits per heavy atom. The van der Waals surface area contributed by atoms with Crippen LogP contribution in [0.2, 0.25) is 0 Å². The van der Waals surface area contributed by atoms with Gasteiger partial charge in [-0.2, -0.15) is 0 Å². The summed E-state index contributed by atoms with van der Waals surface area (Å²) in [5.41, 5.74) is 1.71. The maximum Gasteiger partial charge on any atom is 0.0270 e. The Balaban J connectivity index is 2.86. The highest BCUT2D eigenvalue weighted by Gasteiger charge is 2.20. The second-order valence-electron chi connectivity index (χ2n) is 4.37. The molecule has 0 spiro atoms. The molecule has 0 bridgehead atoms. The van der Waals surface area contributed by atoms with Crippen LogP contribution in [-0.2, 0) is 0 Å². The number of aromatic nitrogens is 1. The lowest BCUT2D eigenvalue weighted by Crippen LogP contribution is -2.15. The molecule has 0 amide bonds. The first-order valence-corrected chi connectivity index (χ1v) is 4.42. The average molecular weight is 163 g/mol. The van der Waals surface area contributed by atoms with Crippen LogP contribution >= 0.6 is 0 Å². The summed E-state index contributed by atoms with van der Waals surface area (Å²) in [5.74, 6) is 0.584. The van der Waals surface area contributed by atoms with Crippen molar-refractivity contribution in [1.29, 1.82) is 0 Å². The Hall–Kier alpha value is -0.850. The molecule has 1 rings (SSSR count). The van der Waals surface area contributed by atoms with Gasteiger partial charge in [0.25, 0.3) is 0 Å². The van der Waals surface area contributed by atoms with Crippen molar-refractivity contribution in [3.05, 3.63) is 30.1 Å². The summed E-state index contributed by atoms with van der Waals surface area (Å²) in [6, 6.07) is 4.19. The fraction of sp³-hybridized carbons (Fsp3) is 0.545. The highest BCUT2D eigenvalue weighted by atomic mass is 14.6. The monoisotopic (exact) mass is 163 g/mol. The minimum atomic E-state index is 0.335. The zero-order valence-electron chi connectivity index (χ0n) is 8.33. The van der Waals surface area contributed by atoms with Crippen LogP contribution in [0.15, 0.2) is 24.5 Å². The maximum atomic E-state index is 4.01. The normalized spacial score (nSPS) is 14.3. The van der Waals surface area contributed by atoms with E-state index in [4.69, 9.17) is 0 Å². The van der Waals surface area contributed by atoms with Crippen LogP contribution < -0.4 is 0 Å². The van der Waals surface area contributed by atoms with Crippen LogP contribution in [0.1, 0.15) is 39.2 Å². The van der Waals surface area contributed by atoms with Crippen molar-refractivity contribution in [3.8, 4) is 0 Å². The van der Waals surface area contributed by atoms with Gasteiger partial charge in [0.1, 0.15) is 0 Å². The summed E-state index contributed by atoms with van der Waals surface area (Å²) >= 11 is 0.